The van der Waals surface area contributed by atoms with Gasteiger partial charge in [0, 0.05) is 28.9 Å². The van der Waals surface area contributed by atoms with Crippen molar-refractivity contribution < 1.29 is 17.4 Å². The molecule has 18 heavy (non-hydrogen) atoms. The lowest BCUT2D eigenvalue weighted by atomic mass is 10.2. The predicted molar refractivity (Wildman–Crippen MR) is 66.3 cm³/mol. The van der Waals surface area contributed by atoms with Crippen molar-refractivity contribution in [3.63, 3.8) is 0 Å². The molecule has 0 fully saturated rings. The molecule has 1 rings (SSSR count). The first-order valence-corrected chi connectivity index (χ1v) is 7.03. The van der Waals surface area contributed by atoms with E-state index >= 15 is 0 Å². The molecule has 1 aromatic rings. The number of halogens is 4. The summed E-state index contributed by atoms with van der Waals surface area (Å²) >= 11 is 5.51. The van der Waals surface area contributed by atoms with Crippen LogP contribution in [-0.2, 0) is 17.0 Å². The van der Waals surface area contributed by atoms with Crippen molar-refractivity contribution in [2.24, 2.45) is 0 Å². The van der Waals surface area contributed by atoms with Gasteiger partial charge in [-0.3, -0.25) is 4.21 Å². The van der Waals surface area contributed by atoms with E-state index in [1.807, 2.05) is 0 Å². The Morgan fingerprint density at radius 1 is 1.44 bits per heavy atom. The molecule has 1 aromatic heterocycles. The number of nitrogens with zero attached hydrogens (tertiary/aromatic N) is 1. The van der Waals surface area contributed by atoms with Crippen LogP contribution in [0.15, 0.2) is 12.1 Å². The molecule has 0 saturated carbocycles. The minimum atomic E-state index is -4.46. The molecule has 0 radical (unpaired) electrons. The Morgan fingerprint density at radius 2 is 2.11 bits per heavy atom. The molecule has 1 unspecified atom stereocenters. The van der Waals surface area contributed by atoms with Gasteiger partial charge >= 0.3 is 6.18 Å². The fourth-order valence-electron chi connectivity index (χ4n) is 1.19. The summed E-state index contributed by atoms with van der Waals surface area (Å²) < 4.78 is 48.6. The molecule has 102 valence electrons. The van der Waals surface area contributed by atoms with Gasteiger partial charge in [-0.25, -0.2) is 4.98 Å². The molecule has 0 aliphatic rings. The SMILES string of the molecule is CCS(=O)CCNc1cc(C(F)(F)F)cc(Cl)n1. The van der Waals surface area contributed by atoms with Crippen molar-refractivity contribution in [2.45, 2.75) is 13.1 Å². The molecule has 3 nitrogen and oxygen atoms in total. The number of hydrogen-bond donors (Lipinski definition) is 1. The highest BCUT2D eigenvalue weighted by molar-refractivity contribution is 7.84. The van der Waals surface area contributed by atoms with E-state index in [1.54, 1.807) is 6.92 Å². The molecular formula is C10H12ClF3N2OS. The van der Waals surface area contributed by atoms with E-state index in [2.05, 4.69) is 10.3 Å². The second kappa shape index (κ2) is 6.38. The third kappa shape index (κ3) is 4.81. The average molecular weight is 301 g/mol. The largest absolute Gasteiger partial charge is 0.416 e. The molecule has 1 N–H and O–H groups in total. The number of anilines is 1. The Morgan fingerprint density at radius 3 is 2.67 bits per heavy atom. The number of alkyl halides is 3. The maximum absolute atomic E-state index is 12.5. The molecule has 0 aliphatic heterocycles. The molecule has 1 atom stereocenters. The molecule has 0 aliphatic carbocycles. The Labute approximate surface area is 110 Å². The summed E-state index contributed by atoms with van der Waals surface area (Å²) in [7, 11) is -0.974. The van der Waals surface area contributed by atoms with Crippen molar-refractivity contribution in [1.29, 1.82) is 0 Å². The van der Waals surface area contributed by atoms with Gasteiger partial charge in [0.25, 0.3) is 0 Å². The van der Waals surface area contributed by atoms with Gasteiger partial charge in [0.2, 0.25) is 0 Å². The first kappa shape index (κ1) is 15.2. The van der Waals surface area contributed by atoms with Crippen LogP contribution in [0.2, 0.25) is 5.15 Å². The van der Waals surface area contributed by atoms with E-state index in [4.69, 9.17) is 11.6 Å². The van der Waals surface area contributed by atoms with Gasteiger partial charge in [-0.05, 0) is 12.1 Å². The smallest absolute Gasteiger partial charge is 0.369 e. The monoisotopic (exact) mass is 300 g/mol. The maximum atomic E-state index is 12.5. The van der Waals surface area contributed by atoms with Gasteiger partial charge < -0.3 is 5.32 Å². The van der Waals surface area contributed by atoms with E-state index in [-0.39, 0.29) is 17.5 Å². The molecular weight excluding hydrogens is 289 g/mol. The Balaban J connectivity index is 2.72. The van der Waals surface area contributed by atoms with Gasteiger partial charge in [0.15, 0.2) is 0 Å². The van der Waals surface area contributed by atoms with Crippen LogP contribution in [0.5, 0.6) is 0 Å². The quantitative estimate of drug-likeness (QED) is 0.850. The summed E-state index contributed by atoms with van der Waals surface area (Å²) in [6.07, 6.45) is -4.46. The molecule has 0 aromatic carbocycles. The number of aromatic nitrogens is 1. The first-order valence-electron chi connectivity index (χ1n) is 5.16. The van der Waals surface area contributed by atoms with Gasteiger partial charge in [0.1, 0.15) is 11.0 Å². The van der Waals surface area contributed by atoms with Gasteiger partial charge in [-0.1, -0.05) is 18.5 Å². The van der Waals surface area contributed by atoms with E-state index in [1.165, 1.54) is 0 Å². The Hall–Kier alpha value is -0.820. The number of pyridine rings is 1. The second-order valence-electron chi connectivity index (χ2n) is 3.42. The van der Waals surface area contributed by atoms with Gasteiger partial charge in [0.05, 0.1) is 5.56 Å². The topological polar surface area (TPSA) is 42.0 Å². The average Bonchev–Trinajstić information content (AvgIpc) is 2.27. The zero-order valence-electron chi connectivity index (χ0n) is 9.55. The molecule has 8 heteroatoms. The van der Waals surface area contributed by atoms with Crippen molar-refractivity contribution in [1.82, 2.24) is 4.98 Å². The standard InChI is InChI=1S/C10H12ClF3N2OS/c1-2-18(17)4-3-15-9-6-7(10(12,13)14)5-8(11)16-9/h5-6H,2-4H2,1H3,(H,15,16). The lowest BCUT2D eigenvalue weighted by molar-refractivity contribution is -0.137. The zero-order valence-corrected chi connectivity index (χ0v) is 11.1. The molecule has 0 spiro atoms. The first-order chi connectivity index (χ1) is 8.32. The minimum Gasteiger partial charge on any atom is -0.369 e. The van der Waals surface area contributed by atoms with Gasteiger partial charge in [-0.2, -0.15) is 13.2 Å². The van der Waals surface area contributed by atoms with E-state index < -0.39 is 22.5 Å². The highest BCUT2D eigenvalue weighted by atomic mass is 35.5. The van der Waals surface area contributed by atoms with Crippen LogP contribution in [-0.4, -0.2) is 27.2 Å². The van der Waals surface area contributed by atoms with Crippen LogP contribution in [0.3, 0.4) is 0 Å². The number of nitrogens with one attached hydrogen (secondary N) is 1. The van der Waals surface area contributed by atoms with Crippen molar-refractivity contribution >= 4 is 28.2 Å². The normalized spacial score (nSPS) is 13.4. The lowest BCUT2D eigenvalue weighted by Gasteiger charge is -2.10. The highest BCUT2D eigenvalue weighted by Crippen LogP contribution is 2.31. The third-order valence-corrected chi connectivity index (χ3v) is 3.58. The predicted octanol–water partition coefficient (Wildman–Crippen LogP) is 2.93. The Bertz CT molecular complexity index is 440. The number of rotatable bonds is 5. The van der Waals surface area contributed by atoms with Gasteiger partial charge in [-0.15, -0.1) is 0 Å². The fourth-order valence-corrected chi connectivity index (χ4v) is 2.02. The summed E-state index contributed by atoms with van der Waals surface area (Å²) in [5, 5.41) is 2.44. The second-order valence-corrected chi connectivity index (χ2v) is 5.67. The van der Waals surface area contributed by atoms with Crippen LogP contribution < -0.4 is 5.32 Å². The lowest BCUT2D eigenvalue weighted by Crippen LogP contribution is -2.14. The summed E-state index contributed by atoms with van der Waals surface area (Å²) in [4.78, 5) is 3.73. The fraction of sp³-hybridized carbons (Fsp3) is 0.500. The van der Waals surface area contributed by atoms with E-state index in [0.29, 0.717) is 11.5 Å². The summed E-state index contributed by atoms with van der Waals surface area (Å²) in [5.74, 6) is 0.896. The van der Waals surface area contributed by atoms with Crippen molar-refractivity contribution in [3.05, 3.63) is 22.8 Å². The Kier molecular flexibility index (Phi) is 5.40. The molecule has 0 saturated heterocycles. The van der Waals surface area contributed by atoms with Crippen molar-refractivity contribution in [3.8, 4) is 0 Å². The maximum Gasteiger partial charge on any atom is 0.416 e. The van der Waals surface area contributed by atoms with Crippen LogP contribution in [0.4, 0.5) is 19.0 Å². The minimum absolute atomic E-state index is 0.0305. The van der Waals surface area contributed by atoms with Crippen LogP contribution >= 0.6 is 11.6 Å². The third-order valence-electron chi connectivity index (χ3n) is 2.08. The zero-order chi connectivity index (χ0) is 13.8. The summed E-state index contributed by atoms with van der Waals surface area (Å²) in [6, 6.07) is 1.64. The van der Waals surface area contributed by atoms with E-state index in [0.717, 1.165) is 12.1 Å². The van der Waals surface area contributed by atoms with E-state index in [9.17, 15) is 17.4 Å². The van der Waals surface area contributed by atoms with Crippen LogP contribution in [0.1, 0.15) is 12.5 Å². The number of hydrogen-bond acceptors (Lipinski definition) is 3. The van der Waals surface area contributed by atoms with Crippen LogP contribution in [0, 0.1) is 0 Å². The highest BCUT2D eigenvalue weighted by Gasteiger charge is 2.31. The van der Waals surface area contributed by atoms with Crippen LogP contribution in [0.25, 0.3) is 0 Å². The summed E-state index contributed by atoms with van der Waals surface area (Å²) in [5.41, 5.74) is -0.860. The van der Waals surface area contributed by atoms with Crippen molar-refractivity contribution in [2.75, 3.05) is 23.4 Å². The molecule has 1 heterocycles. The molecule has 0 bridgehead atoms. The summed E-state index contributed by atoms with van der Waals surface area (Å²) in [6.45, 7) is 2.06. The molecule has 0 amide bonds.